The van der Waals surface area contributed by atoms with E-state index in [1.807, 2.05) is 0 Å². The number of hydrogen-bond donors (Lipinski definition) is 0. The van der Waals surface area contributed by atoms with Crippen molar-refractivity contribution in [2.45, 2.75) is 78.1 Å². The van der Waals surface area contributed by atoms with Crippen molar-refractivity contribution in [2.75, 3.05) is 0 Å². The molecule has 3 heteroatoms. The summed E-state index contributed by atoms with van der Waals surface area (Å²) in [5.74, 6) is 0. The molecule has 0 unspecified atom stereocenters. The maximum Gasteiger partial charge on any atom is -1.00 e. The smallest absolute Gasteiger partial charge is 1.00 e. The first-order chi connectivity index (χ1) is 22.1. The molecule has 0 bridgehead atoms. The van der Waals surface area contributed by atoms with E-state index in [-0.39, 0.29) is 35.6 Å². The van der Waals surface area contributed by atoms with Crippen LogP contribution >= 0.6 is 0 Å². The standard InChI is InChI=1S/C25H25.C15H14.C5H5.2ClH.Zr/c1-14-12-24(3,4)22-8-16-7-17-9-23-19(15(2)13-25(23,5)6)11-21(17)20(16)10-18(14)22;1-3-8-14(9-4-1)12-7-13-15-10-5-2-6-11-15;1-2-4-5-3-1;;;/h8-12H,7H2,1-6H3;1-6,8-11H,12-13H2;1-3H,4H2;2*1H;/q;;;;;+2/p-2. The molecule has 0 radical (unpaired) electrons. The maximum absolute atomic E-state index is 2.62. The fraction of sp³-hybridized carbons (Fsp3) is 0.267. The molecule has 0 N–H and O–H groups in total. The molecule has 0 heterocycles. The Labute approximate surface area is 307 Å². The number of rotatable bonds is 6. The molecule has 4 aromatic carbocycles. The van der Waals surface area contributed by atoms with Gasteiger partial charge in [-0.1, -0.05) is 0 Å². The molecule has 0 fully saturated rings. The zero-order chi connectivity index (χ0) is 31.8. The van der Waals surface area contributed by atoms with Crippen molar-refractivity contribution in [1.82, 2.24) is 0 Å². The van der Waals surface area contributed by atoms with E-state index >= 15 is 0 Å². The average molecular weight is 747 g/mol. The molecule has 0 aliphatic heterocycles. The van der Waals surface area contributed by atoms with Gasteiger partial charge in [0.15, 0.2) is 0 Å². The first-order valence-electron chi connectivity index (χ1n) is 17.0. The van der Waals surface area contributed by atoms with Gasteiger partial charge < -0.3 is 24.8 Å². The predicted molar refractivity (Wildman–Crippen MR) is 194 cm³/mol. The third-order valence-electron chi connectivity index (χ3n) is 11.1. The van der Waals surface area contributed by atoms with Crippen LogP contribution in [0.4, 0.5) is 0 Å². The first-order valence-corrected chi connectivity index (χ1v) is 20.7. The first kappa shape index (κ1) is 35.0. The van der Waals surface area contributed by atoms with Crippen molar-refractivity contribution < 1.29 is 46.1 Å². The molecule has 4 aliphatic carbocycles. The molecule has 0 atom stereocenters. The predicted octanol–water partition coefficient (Wildman–Crippen LogP) is 5.10. The Hall–Kier alpha value is -2.83. The van der Waals surface area contributed by atoms with Crippen LogP contribution in [-0.2, 0) is 51.4 Å². The van der Waals surface area contributed by atoms with Crippen molar-refractivity contribution >= 4 is 14.4 Å². The molecule has 0 saturated carbocycles. The summed E-state index contributed by atoms with van der Waals surface area (Å²) in [4.78, 5) is 0. The second-order valence-corrected chi connectivity index (χ2v) is 21.5. The number of benzene rings is 4. The molecular formula is C45H44Cl2Zr. The summed E-state index contributed by atoms with van der Waals surface area (Å²) < 4.78 is 5.32. The fourth-order valence-corrected chi connectivity index (χ4v) is 18.2. The Kier molecular flexibility index (Phi) is 9.58. The van der Waals surface area contributed by atoms with E-state index in [1.165, 1.54) is 55.6 Å². The van der Waals surface area contributed by atoms with E-state index < -0.39 is 21.3 Å². The van der Waals surface area contributed by atoms with Gasteiger partial charge in [-0.25, -0.2) is 0 Å². The van der Waals surface area contributed by atoms with E-state index in [0.29, 0.717) is 0 Å². The normalized spacial score (nSPS) is 16.9. The van der Waals surface area contributed by atoms with E-state index in [9.17, 15) is 0 Å². The van der Waals surface area contributed by atoms with E-state index in [1.54, 1.807) is 20.9 Å². The fourth-order valence-electron chi connectivity index (χ4n) is 9.03. The van der Waals surface area contributed by atoms with Crippen LogP contribution in [0.25, 0.3) is 22.3 Å². The summed E-state index contributed by atoms with van der Waals surface area (Å²) in [6.07, 6.45) is 14.0. The van der Waals surface area contributed by atoms with Gasteiger partial charge in [-0.3, -0.25) is 0 Å². The molecule has 4 aliphatic rings. The SMILES string of the molecule is CC1=CC(C)(C)c2cc3c(cc21)-c1cc2c(cc1C3)C(C)(C)[C]([Zr+2]([C]1=CC=CC1)=[C](Cc1ccccc1)Cc1ccccc1)=C2C.[Cl-].[Cl-]. The molecule has 242 valence electrons. The summed E-state index contributed by atoms with van der Waals surface area (Å²) in [5, 5.41) is 0. The van der Waals surface area contributed by atoms with E-state index in [4.69, 9.17) is 0 Å². The van der Waals surface area contributed by atoms with E-state index in [2.05, 4.69) is 151 Å². The van der Waals surface area contributed by atoms with Crippen LogP contribution in [-0.4, -0.2) is 3.21 Å². The number of halogens is 2. The molecular weight excluding hydrogens is 703 g/mol. The van der Waals surface area contributed by atoms with Crippen molar-refractivity contribution in [3.05, 3.63) is 160 Å². The van der Waals surface area contributed by atoms with Crippen molar-refractivity contribution in [3.8, 4) is 11.1 Å². The Bertz CT molecular complexity index is 2040. The third kappa shape index (κ3) is 5.79. The van der Waals surface area contributed by atoms with Gasteiger partial charge in [0.05, 0.1) is 0 Å². The minimum absolute atomic E-state index is 0. The Morgan fingerprint density at radius 3 is 1.81 bits per heavy atom. The summed E-state index contributed by atoms with van der Waals surface area (Å²) in [6, 6.07) is 32.7. The Morgan fingerprint density at radius 1 is 0.688 bits per heavy atom. The molecule has 8 rings (SSSR count). The zero-order valence-corrected chi connectivity index (χ0v) is 32.9. The largest absolute Gasteiger partial charge is 1.00 e. The third-order valence-corrected chi connectivity index (χ3v) is 19.9. The van der Waals surface area contributed by atoms with Gasteiger partial charge in [-0.15, -0.1) is 0 Å². The van der Waals surface area contributed by atoms with Crippen LogP contribution in [0.1, 0.15) is 92.5 Å². The van der Waals surface area contributed by atoms with Gasteiger partial charge in [0.1, 0.15) is 0 Å². The number of allylic oxidation sites excluding steroid dienone is 8. The van der Waals surface area contributed by atoms with Crippen LogP contribution in [0.15, 0.2) is 116 Å². The van der Waals surface area contributed by atoms with Crippen LogP contribution < -0.4 is 24.8 Å². The van der Waals surface area contributed by atoms with Gasteiger partial charge in [0, 0.05) is 0 Å². The number of hydrogen-bond acceptors (Lipinski definition) is 0. The summed E-state index contributed by atoms with van der Waals surface area (Å²) in [5.41, 5.74) is 18.0. The molecule has 0 aromatic heterocycles. The van der Waals surface area contributed by atoms with Crippen LogP contribution in [0.3, 0.4) is 0 Å². The maximum atomic E-state index is 2.62. The minimum Gasteiger partial charge on any atom is -1.00 e. The van der Waals surface area contributed by atoms with Crippen molar-refractivity contribution in [1.29, 1.82) is 0 Å². The van der Waals surface area contributed by atoms with Gasteiger partial charge in [-0.05, 0) is 0 Å². The van der Waals surface area contributed by atoms with E-state index in [0.717, 1.165) is 25.7 Å². The Balaban J connectivity index is 0.00000201. The van der Waals surface area contributed by atoms with Gasteiger partial charge in [0.25, 0.3) is 0 Å². The van der Waals surface area contributed by atoms with Crippen molar-refractivity contribution in [3.63, 3.8) is 0 Å². The molecule has 0 amide bonds. The van der Waals surface area contributed by atoms with Gasteiger partial charge in [-0.2, -0.15) is 0 Å². The zero-order valence-electron chi connectivity index (χ0n) is 29.0. The molecule has 4 aromatic rings. The monoisotopic (exact) mass is 744 g/mol. The molecule has 0 nitrogen and oxygen atoms in total. The van der Waals surface area contributed by atoms with Gasteiger partial charge >= 0.3 is 285 Å². The molecule has 0 spiro atoms. The van der Waals surface area contributed by atoms with Gasteiger partial charge in [0.2, 0.25) is 0 Å². The average Bonchev–Trinajstić information content (AvgIpc) is 3.78. The molecule has 48 heavy (non-hydrogen) atoms. The summed E-state index contributed by atoms with van der Waals surface area (Å²) in [6.45, 7) is 14.6. The summed E-state index contributed by atoms with van der Waals surface area (Å²) in [7, 11) is 0. The van der Waals surface area contributed by atoms with Crippen molar-refractivity contribution in [2.24, 2.45) is 0 Å². The second-order valence-electron chi connectivity index (χ2n) is 15.1. The second kappa shape index (κ2) is 13.1. The van der Waals surface area contributed by atoms with Crippen LogP contribution in [0, 0.1) is 0 Å². The topological polar surface area (TPSA) is 0 Å². The quantitative estimate of drug-likeness (QED) is 0.227. The van der Waals surface area contributed by atoms with Crippen LogP contribution in [0.2, 0.25) is 0 Å². The molecule has 0 saturated heterocycles. The summed E-state index contributed by atoms with van der Waals surface area (Å²) >= 11 is -2.53. The van der Waals surface area contributed by atoms with Crippen LogP contribution in [0.5, 0.6) is 0 Å². The minimum atomic E-state index is -2.53. The number of fused-ring (bicyclic) bond motifs is 5. The Morgan fingerprint density at radius 2 is 1.25 bits per heavy atom.